The average molecular weight is 535 g/mol. The number of esters is 1. The zero-order valence-electron chi connectivity index (χ0n) is 22.0. The van der Waals surface area contributed by atoms with Gasteiger partial charge in [0.2, 0.25) is 10.0 Å². The Bertz CT molecular complexity index is 1250. The highest BCUT2D eigenvalue weighted by Gasteiger charge is 2.33. The van der Waals surface area contributed by atoms with Crippen molar-refractivity contribution in [3.8, 4) is 11.5 Å². The highest BCUT2D eigenvalue weighted by atomic mass is 32.2. The van der Waals surface area contributed by atoms with Crippen LogP contribution in [0.5, 0.6) is 11.5 Å². The van der Waals surface area contributed by atoms with Crippen molar-refractivity contribution in [1.82, 2.24) is 9.62 Å². The Morgan fingerprint density at radius 2 is 1.78 bits per heavy atom. The highest BCUT2D eigenvalue weighted by Crippen LogP contribution is 2.32. The van der Waals surface area contributed by atoms with E-state index >= 15 is 0 Å². The molecule has 0 unspecified atom stereocenters. The molecule has 0 aromatic heterocycles. The van der Waals surface area contributed by atoms with E-state index in [1.54, 1.807) is 64.3 Å². The summed E-state index contributed by atoms with van der Waals surface area (Å²) in [5.74, 6) is 0.532. The third-order valence-corrected chi connectivity index (χ3v) is 7.78. The molecule has 0 radical (unpaired) electrons. The van der Waals surface area contributed by atoms with Crippen LogP contribution >= 0.6 is 0 Å². The minimum atomic E-state index is -3.76. The number of hydrogen-bond donors (Lipinski definition) is 1. The molecule has 2 aromatic carbocycles. The van der Waals surface area contributed by atoms with Crippen molar-refractivity contribution >= 4 is 22.1 Å². The molecule has 0 saturated carbocycles. The Morgan fingerprint density at radius 3 is 2.41 bits per heavy atom. The molecular weight excluding hydrogens is 500 g/mol. The van der Waals surface area contributed by atoms with Crippen molar-refractivity contribution in [2.75, 3.05) is 27.9 Å². The van der Waals surface area contributed by atoms with Crippen LogP contribution in [0, 0.1) is 0 Å². The molecule has 0 aliphatic carbocycles. The van der Waals surface area contributed by atoms with Crippen LogP contribution in [0.15, 0.2) is 41.3 Å². The molecule has 0 fully saturated rings. The van der Waals surface area contributed by atoms with Gasteiger partial charge in [0.25, 0.3) is 0 Å². The van der Waals surface area contributed by atoms with Crippen LogP contribution in [-0.4, -0.2) is 64.3 Å². The molecule has 11 heteroatoms. The molecule has 0 bridgehead atoms. The van der Waals surface area contributed by atoms with Crippen LogP contribution in [0.1, 0.15) is 37.5 Å². The molecule has 0 spiro atoms. The van der Waals surface area contributed by atoms with Gasteiger partial charge in [-0.1, -0.05) is 18.2 Å². The number of fused-ring (bicyclic) bond motifs is 1. The van der Waals surface area contributed by atoms with E-state index in [-0.39, 0.29) is 24.4 Å². The zero-order chi connectivity index (χ0) is 27.4. The minimum Gasteiger partial charge on any atom is -0.497 e. The summed E-state index contributed by atoms with van der Waals surface area (Å²) in [4.78, 5) is 24.7. The molecule has 1 N–H and O–H groups in total. The van der Waals surface area contributed by atoms with E-state index in [9.17, 15) is 18.0 Å². The van der Waals surface area contributed by atoms with Gasteiger partial charge in [-0.05, 0) is 50.5 Å². The summed E-state index contributed by atoms with van der Waals surface area (Å²) >= 11 is 0. The first-order valence-corrected chi connectivity index (χ1v) is 13.2. The lowest BCUT2D eigenvalue weighted by molar-refractivity contribution is -0.143. The summed E-state index contributed by atoms with van der Waals surface area (Å²) in [6.45, 7) is 5.60. The minimum absolute atomic E-state index is 0.117. The van der Waals surface area contributed by atoms with Gasteiger partial charge >= 0.3 is 12.1 Å². The number of methoxy groups -OCH3 is 3. The number of benzene rings is 2. The predicted octanol–water partition coefficient (Wildman–Crippen LogP) is 3.06. The molecule has 0 saturated heterocycles. The van der Waals surface area contributed by atoms with Crippen molar-refractivity contribution in [2.45, 2.75) is 56.7 Å². The molecule has 1 heterocycles. The Morgan fingerprint density at radius 1 is 1.05 bits per heavy atom. The number of hydrogen-bond acceptors (Lipinski definition) is 8. The number of nitrogens with zero attached hydrogens (tertiary/aromatic N) is 1. The molecule has 10 nitrogen and oxygen atoms in total. The smallest absolute Gasteiger partial charge is 0.408 e. The second-order valence-electron chi connectivity index (χ2n) is 9.63. The third-order valence-electron chi connectivity index (χ3n) is 5.83. The molecule has 1 atom stereocenters. The van der Waals surface area contributed by atoms with Crippen LogP contribution in [0.3, 0.4) is 0 Å². The van der Waals surface area contributed by atoms with Gasteiger partial charge in [0.05, 0.1) is 26.2 Å². The van der Waals surface area contributed by atoms with Crippen molar-refractivity contribution in [1.29, 1.82) is 0 Å². The molecule has 37 heavy (non-hydrogen) atoms. The van der Waals surface area contributed by atoms with Crippen molar-refractivity contribution in [3.63, 3.8) is 0 Å². The van der Waals surface area contributed by atoms with E-state index in [4.69, 9.17) is 18.9 Å². The van der Waals surface area contributed by atoms with Gasteiger partial charge in [-0.25, -0.2) is 18.0 Å². The van der Waals surface area contributed by atoms with Crippen LogP contribution in [0.4, 0.5) is 4.79 Å². The first-order valence-electron chi connectivity index (χ1n) is 11.8. The van der Waals surface area contributed by atoms with Gasteiger partial charge in [-0.15, -0.1) is 0 Å². The number of ether oxygens (including phenoxy) is 4. The standard InChI is InChI=1S/C26H34N2O8S/c1-26(2,3)36-25(30)27-21(24(29)35-6)14-17-7-10-23-18(13-17)11-12-28(37(23,31)32)16-19-8-9-20(33-4)15-22(19)34-5/h7-10,13,15,21H,11-12,14,16H2,1-6H3,(H,27,30)/t21-/m0/s1. The van der Waals surface area contributed by atoms with E-state index in [0.29, 0.717) is 29.0 Å². The maximum absolute atomic E-state index is 13.4. The van der Waals surface area contributed by atoms with Gasteiger partial charge in [0.1, 0.15) is 23.1 Å². The van der Waals surface area contributed by atoms with Crippen LogP contribution in [0.2, 0.25) is 0 Å². The summed E-state index contributed by atoms with van der Waals surface area (Å²) in [5, 5.41) is 2.54. The van der Waals surface area contributed by atoms with Gasteiger partial charge in [-0.3, -0.25) is 0 Å². The summed E-state index contributed by atoms with van der Waals surface area (Å²) < 4.78 is 49.0. The topological polar surface area (TPSA) is 120 Å². The number of amides is 1. The van der Waals surface area contributed by atoms with Gasteiger partial charge in [-0.2, -0.15) is 4.31 Å². The van der Waals surface area contributed by atoms with Crippen molar-refractivity contribution in [3.05, 3.63) is 53.1 Å². The van der Waals surface area contributed by atoms with Crippen molar-refractivity contribution < 1.29 is 37.0 Å². The Hall–Kier alpha value is -3.31. The first-order chi connectivity index (χ1) is 17.4. The second-order valence-corrected chi connectivity index (χ2v) is 11.5. The van der Waals surface area contributed by atoms with E-state index in [0.717, 1.165) is 5.56 Å². The maximum Gasteiger partial charge on any atom is 0.408 e. The molecular formula is C26H34N2O8S. The number of carbonyl (C=O) groups is 2. The van der Waals surface area contributed by atoms with Crippen LogP contribution in [-0.2, 0) is 43.7 Å². The number of nitrogens with one attached hydrogen (secondary N) is 1. The quantitative estimate of drug-likeness (QED) is 0.513. The average Bonchev–Trinajstić information content (AvgIpc) is 2.83. The number of sulfonamides is 1. The fourth-order valence-electron chi connectivity index (χ4n) is 4.07. The summed E-state index contributed by atoms with van der Waals surface area (Å²) in [5.41, 5.74) is 1.33. The molecule has 1 aliphatic rings. The SMILES string of the molecule is COC(=O)[C@H](Cc1ccc2c(c1)CCN(Cc1ccc(OC)cc1OC)S2(=O)=O)NC(=O)OC(C)(C)C. The lowest BCUT2D eigenvalue weighted by atomic mass is 10.0. The highest BCUT2D eigenvalue weighted by molar-refractivity contribution is 7.89. The predicted molar refractivity (Wildman–Crippen MR) is 136 cm³/mol. The largest absolute Gasteiger partial charge is 0.497 e. The number of alkyl carbamates (subject to hydrolysis) is 1. The third kappa shape index (κ3) is 6.92. The normalized spacial score (nSPS) is 15.7. The summed E-state index contributed by atoms with van der Waals surface area (Å²) in [6.07, 6.45) is -0.136. The second kappa shape index (κ2) is 11.4. The first kappa shape index (κ1) is 28.3. The van der Waals surface area contributed by atoms with Crippen molar-refractivity contribution in [2.24, 2.45) is 0 Å². The van der Waals surface area contributed by atoms with Crippen LogP contribution in [0.25, 0.3) is 0 Å². The van der Waals surface area contributed by atoms with E-state index in [2.05, 4.69) is 5.32 Å². The fraction of sp³-hybridized carbons (Fsp3) is 0.462. The summed E-state index contributed by atoms with van der Waals surface area (Å²) in [6, 6.07) is 9.21. The number of rotatable bonds is 8. The Labute approximate surface area is 217 Å². The Kier molecular flexibility index (Phi) is 8.70. The Balaban J connectivity index is 1.80. The lowest BCUT2D eigenvalue weighted by Crippen LogP contribution is -2.45. The molecule has 202 valence electrons. The molecule has 2 aromatic rings. The van der Waals surface area contributed by atoms with Gasteiger partial charge in [0.15, 0.2) is 0 Å². The zero-order valence-corrected chi connectivity index (χ0v) is 22.8. The summed E-state index contributed by atoms with van der Waals surface area (Å²) in [7, 11) is 0.550. The lowest BCUT2D eigenvalue weighted by Gasteiger charge is -2.29. The fourth-order valence-corrected chi connectivity index (χ4v) is 5.72. The number of carbonyl (C=O) groups excluding carboxylic acids is 2. The van der Waals surface area contributed by atoms with E-state index < -0.39 is 33.7 Å². The molecule has 3 rings (SSSR count). The molecule has 1 aliphatic heterocycles. The van der Waals surface area contributed by atoms with Gasteiger partial charge < -0.3 is 24.3 Å². The monoisotopic (exact) mass is 534 g/mol. The van der Waals surface area contributed by atoms with E-state index in [1.807, 2.05) is 0 Å². The van der Waals surface area contributed by atoms with E-state index in [1.165, 1.54) is 18.5 Å². The van der Waals surface area contributed by atoms with Gasteiger partial charge in [0, 0.05) is 31.1 Å². The maximum atomic E-state index is 13.4. The molecule has 1 amide bonds. The van der Waals surface area contributed by atoms with Crippen LogP contribution < -0.4 is 14.8 Å².